The number of ether oxygens (including phenoxy) is 1. The molecule has 9 nitrogen and oxygen atoms in total. The molecule has 3 heterocycles. The summed E-state index contributed by atoms with van der Waals surface area (Å²) >= 11 is 12.6. The maximum absolute atomic E-state index is 12.1. The first-order valence-electron chi connectivity index (χ1n) is 16.2. The fraction of sp³-hybridized carbons (Fsp3) is 0.351. The number of carbonyl (C=O) groups excluding carboxylic acids is 1. The van der Waals surface area contributed by atoms with Gasteiger partial charge in [0.1, 0.15) is 0 Å². The second-order valence-corrected chi connectivity index (χ2v) is 13.3. The summed E-state index contributed by atoms with van der Waals surface area (Å²) < 4.78 is 7.45. The average Bonchev–Trinajstić information content (AvgIpc) is 3.44. The third-order valence-electron chi connectivity index (χ3n) is 8.89. The van der Waals surface area contributed by atoms with Crippen molar-refractivity contribution in [1.29, 1.82) is 0 Å². The molecule has 2 aliphatic rings. The normalized spacial score (nSPS) is 17.0. The van der Waals surface area contributed by atoms with Crippen LogP contribution in [0.5, 0.6) is 0 Å². The number of aromatic nitrogens is 2. The molecule has 2 amide bonds. The van der Waals surface area contributed by atoms with Crippen molar-refractivity contribution in [2.45, 2.75) is 51.7 Å². The number of aliphatic hydroxyl groups is 1. The van der Waals surface area contributed by atoms with E-state index in [1.807, 2.05) is 59.3 Å². The van der Waals surface area contributed by atoms with Crippen LogP contribution in [0.1, 0.15) is 40.4 Å². The number of amides is 2. The lowest BCUT2D eigenvalue weighted by Gasteiger charge is -2.34. The Balaban J connectivity index is 1.18. The number of morpholine rings is 1. The number of primary amides is 1. The minimum atomic E-state index is -0.617. The van der Waals surface area contributed by atoms with Crippen LogP contribution >= 0.6 is 23.2 Å². The highest BCUT2D eigenvalue weighted by Gasteiger charge is 2.29. The van der Waals surface area contributed by atoms with Gasteiger partial charge in [-0.15, -0.1) is 0 Å². The first-order chi connectivity index (χ1) is 23.2. The van der Waals surface area contributed by atoms with E-state index in [1.165, 1.54) is 5.56 Å². The molecule has 0 unspecified atom stereocenters. The summed E-state index contributed by atoms with van der Waals surface area (Å²) in [6.07, 6.45) is -0.0207. The van der Waals surface area contributed by atoms with Gasteiger partial charge in [-0.05, 0) is 54.4 Å². The Bertz CT molecular complexity index is 1800. The summed E-state index contributed by atoms with van der Waals surface area (Å²) in [5.74, 6) is 6.48. The molecule has 0 radical (unpaired) electrons. The van der Waals surface area contributed by atoms with Crippen molar-refractivity contribution in [2.24, 2.45) is 5.73 Å². The molecule has 1 aromatic heterocycles. The topological polar surface area (TPSA) is 109 Å². The molecule has 1 fully saturated rings. The predicted molar refractivity (Wildman–Crippen MR) is 189 cm³/mol. The number of aliphatic hydroxyl groups excluding tert-OH is 1. The molecule has 250 valence electrons. The van der Waals surface area contributed by atoms with Gasteiger partial charge in [0.2, 0.25) is 0 Å². The Labute approximate surface area is 291 Å². The Hall–Kier alpha value is -3.88. The van der Waals surface area contributed by atoms with Crippen LogP contribution < -0.4 is 11.1 Å². The number of urea groups is 1. The summed E-state index contributed by atoms with van der Waals surface area (Å²) in [5, 5.41) is 20.8. The fourth-order valence-electron chi connectivity index (χ4n) is 6.19. The largest absolute Gasteiger partial charge is 0.390 e. The molecule has 48 heavy (non-hydrogen) atoms. The average molecular weight is 688 g/mol. The van der Waals surface area contributed by atoms with E-state index in [9.17, 15) is 9.90 Å². The van der Waals surface area contributed by atoms with Crippen LogP contribution in [-0.4, -0.2) is 75.7 Å². The van der Waals surface area contributed by atoms with Gasteiger partial charge in [-0.3, -0.25) is 9.58 Å². The van der Waals surface area contributed by atoms with Crippen LogP contribution in [0, 0.1) is 11.8 Å². The van der Waals surface area contributed by atoms with Gasteiger partial charge in [-0.25, -0.2) is 4.79 Å². The number of carbonyl (C=O) groups is 1. The molecule has 4 aromatic rings. The minimum absolute atomic E-state index is 0.244. The smallest absolute Gasteiger partial charge is 0.315 e. The van der Waals surface area contributed by atoms with Crippen molar-refractivity contribution in [3.8, 4) is 23.1 Å². The molecule has 4 N–H and O–H groups in total. The number of benzene rings is 3. The molecular weight excluding hydrogens is 647 g/mol. The summed E-state index contributed by atoms with van der Waals surface area (Å²) in [5.41, 5.74) is 13.1. The van der Waals surface area contributed by atoms with Gasteiger partial charge in [0.15, 0.2) is 0 Å². The van der Waals surface area contributed by atoms with Crippen molar-refractivity contribution < 1.29 is 14.6 Å². The molecule has 0 saturated carbocycles. The van der Waals surface area contributed by atoms with Crippen molar-refractivity contribution in [3.05, 3.63) is 110 Å². The summed E-state index contributed by atoms with van der Waals surface area (Å²) in [6.45, 7) is 7.43. The van der Waals surface area contributed by atoms with Crippen LogP contribution in [0.25, 0.3) is 11.3 Å². The second-order valence-electron chi connectivity index (χ2n) is 12.4. The van der Waals surface area contributed by atoms with Gasteiger partial charge >= 0.3 is 6.03 Å². The van der Waals surface area contributed by atoms with E-state index in [2.05, 4.69) is 41.1 Å². The van der Waals surface area contributed by atoms with E-state index < -0.39 is 12.1 Å². The number of halogens is 2. The van der Waals surface area contributed by atoms with Crippen molar-refractivity contribution in [3.63, 3.8) is 0 Å². The van der Waals surface area contributed by atoms with Crippen LogP contribution in [0.15, 0.2) is 66.7 Å². The number of nitrogens with one attached hydrogen (secondary N) is 1. The van der Waals surface area contributed by atoms with E-state index in [4.69, 9.17) is 38.8 Å². The third-order valence-corrected chi connectivity index (χ3v) is 9.47. The maximum atomic E-state index is 12.1. The highest BCUT2D eigenvalue weighted by Crippen LogP contribution is 2.32. The van der Waals surface area contributed by atoms with E-state index in [0.29, 0.717) is 56.4 Å². The monoisotopic (exact) mass is 686 g/mol. The Morgan fingerprint density at radius 3 is 2.48 bits per heavy atom. The number of nitrogens with two attached hydrogens (primary N) is 1. The van der Waals surface area contributed by atoms with Crippen molar-refractivity contribution in [2.75, 3.05) is 32.8 Å². The summed E-state index contributed by atoms with van der Waals surface area (Å²) in [4.78, 5) is 16.0. The lowest BCUT2D eigenvalue weighted by Crippen LogP contribution is -2.47. The number of hydrogen-bond donors (Lipinski definition) is 3. The van der Waals surface area contributed by atoms with Crippen molar-refractivity contribution in [1.82, 2.24) is 24.9 Å². The van der Waals surface area contributed by atoms with Crippen LogP contribution in [0.3, 0.4) is 0 Å². The first-order valence-corrected chi connectivity index (χ1v) is 17.0. The van der Waals surface area contributed by atoms with Crippen LogP contribution in [0.2, 0.25) is 10.0 Å². The van der Waals surface area contributed by atoms with Gasteiger partial charge in [-0.1, -0.05) is 65.4 Å². The standard InChI is InChI=1S/C37H40Cl2N6O3/c1-25-24-48-17-16-43(25)21-32(46)22-45-35-14-15-44(37(40)47)23-33(35)36(42-45)30-10-13-34(39)29(18-30)9-6-26-2-4-27(5-3-26)19-41-20-28-7-11-31(38)12-8-28/h2-5,7-8,10-13,18,25,32,41,46H,14-17,19-24H2,1H3,(H2,40,47)/t25-,32+/m0/s1. The Kier molecular flexibility index (Phi) is 11.0. The molecule has 11 heteroatoms. The number of fused-ring (bicyclic) bond motifs is 1. The lowest BCUT2D eigenvalue weighted by atomic mass is 9.99. The Morgan fingerprint density at radius 2 is 1.77 bits per heavy atom. The van der Waals surface area contributed by atoms with Gasteiger partial charge in [0.25, 0.3) is 0 Å². The van der Waals surface area contributed by atoms with Gasteiger partial charge in [-0.2, -0.15) is 5.10 Å². The zero-order valence-corrected chi connectivity index (χ0v) is 28.5. The van der Waals surface area contributed by atoms with Crippen LogP contribution in [0.4, 0.5) is 4.79 Å². The van der Waals surface area contributed by atoms with Gasteiger partial charge < -0.3 is 25.8 Å². The summed E-state index contributed by atoms with van der Waals surface area (Å²) in [6, 6.07) is 21.4. The fourth-order valence-corrected chi connectivity index (χ4v) is 6.48. The number of nitrogens with zero attached hydrogens (tertiary/aromatic N) is 4. The highest BCUT2D eigenvalue weighted by atomic mass is 35.5. The number of rotatable bonds is 9. The molecule has 0 spiro atoms. The van der Waals surface area contributed by atoms with Gasteiger partial charge in [0, 0.05) is 78.2 Å². The zero-order chi connectivity index (χ0) is 33.6. The maximum Gasteiger partial charge on any atom is 0.315 e. The predicted octanol–water partition coefficient (Wildman–Crippen LogP) is 5.06. The quantitative estimate of drug-likeness (QED) is 0.212. The second kappa shape index (κ2) is 15.6. The SMILES string of the molecule is C[C@H]1COCCN1C[C@@H](O)Cn1nc(-c2ccc(Cl)c(C#Cc3ccc(CNCc4ccc(Cl)cc4)cc3)c2)c2c1CCN(C(N)=O)C2. The number of β-amino-alcohol motifs (C(OH)–C–C–N with tert-alkyl or cyclic N) is 1. The third kappa shape index (κ3) is 8.39. The molecule has 0 aliphatic carbocycles. The Morgan fingerprint density at radius 1 is 1.04 bits per heavy atom. The minimum Gasteiger partial charge on any atom is -0.390 e. The molecule has 2 atom stereocenters. The summed E-state index contributed by atoms with van der Waals surface area (Å²) in [7, 11) is 0. The molecular formula is C37H40Cl2N6O3. The van der Waals surface area contributed by atoms with E-state index in [1.54, 1.807) is 4.90 Å². The number of hydrogen-bond acceptors (Lipinski definition) is 6. The van der Waals surface area contributed by atoms with E-state index in [-0.39, 0.29) is 6.04 Å². The molecule has 0 bridgehead atoms. The molecule has 6 rings (SSSR count). The molecule has 1 saturated heterocycles. The molecule has 3 aromatic carbocycles. The van der Waals surface area contributed by atoms with E-state index >= 15 is 0 Å². The van der Waals surface area contributed by atoms with Gasteiger partial charge in [0.05, 0.1) is 43.1 Å². The highest BCUT2D eigenvalue weighted by molar-refractivity contribution is 6.31. The molecule has 2 aliphatic heterocycles. The van der Waals surface area contributed by atoms with Crippen molar-refractivity contribution >= 4 is 29.2 Å². The lowest BCUT2D eigenvalue weighted by molar-refractivity contribution is -0.0227. The zero-order valence-electron chi connectivity index (χ0n) is 27.0. The first kappa shape index (κ1) is 34.0. The van der Waals surface area contributed by atoms with Crippen LogP contribution in [-0.2, 0) is 37.3 Å². The van der Waals surface area contributed by atoms with E-state index in [0.717, 1.165) is 58.3 Å².